The molecule has 10 nitrogen and oxygen atoms in total. The highest BCUT2D eigenvalue weighted by Crippen LogP contribution is 2.29. The van der Waals surface area contributed by atoms with E-state index >= 15 is 4.39 Å². The second-order valence-corrected chi connectivity index (χ2v) is 10.0. The van der Waals surface area contributed by atoms with Crippen LogP contribution < -0.4 is 10.6 Å². The number of rotatable bonds is 6. The molecule has 0 bridgehead atoms. The molecular weight excluding hydrogens is 463 g/mol. The average Bonchev–Trinajstić information content (AvgIpc) is 3.37. The van der Waals surface area contributed by atoms with Gasteiger partial charge in [-0.1, -0.05) is 13.8 Å². The fourth-order valence-corrected chi connectivity index (χ4v) is 4.52. The summed E-state index contributed by atoms with van der Waals surface area (Å²) in [4.78, 5) is 38.9. The minimum absolute atomic E-state index is 0.143. The second kappa shape index (κ2) is 8.83. The Morgan fingerprint density at radius 2 is 1.92 bits per heavy atom. The van der Waals surface area contributed by atoms with E-state index in [0.29, 0.717) is 34.8 Å². The number of aromatic nitrogens is 5. The number of pyridine rings is 2. The van der Waals surface area contributed by atoms with Crippen LogP contribution in [0.15, 0.2) is 36.9 Å². The van der Waals surface area contributed by atoms with Crippen LogP contribution in [0.2, 0.25) is 0 Å². The molecule has 0 aromatic carbocycles. The van der Waals surface area contributed by atoms with Crippen LogP contribution in [0.5, 0.6) is 0 Å². The van der Waals surface area contributed by atoms with E-state index in [4.69, 9.17) is 0 Å². The molecule has 36 heavy (non-hydrogen) atoms. The Morgan fingerprint density at radius 1 is 1.14 bits per heavy atom. The number of hydrogen-bond acceptors (Lipinski definition) is 6. The van der Waals surface area contributed by atoms with Crippen LogP contribution in [-0.4, -0.2) is 61.1 Å². The number of aromatic amines is 1. The zero-order valence-electron chi connectivity index (χ0n) is 20.5. The molecule has 0 radical (unpaired) electrons. The summed E-state index contributed by atoms with van der Waals surface area (Å²) in [5.74, 6) is -1.12. The first-order valence-corrected chi connectivity index (χ1v) is 11.5. The highest BCUT2D eigenvalue weighted by atomic mass is 19.1. The molecule has 0 aliphatic carbocycles. The van der Waals surface area contributed by atoms with E-state index in [2.05, 4.69) is 49.4 Å². The number of carbonyl (C=O) groups is 2. The van der Waals surface area contributed by atoms with Crippen molar-refractivity contribution in [3.05, 3.63) is 54.0 Å². The normalized spacial score (nSPS) is 15.0. The maximum atomic E-state index is 15.1. The van der Waals surface area contributed by atoms with Gasteiger partial charge in [0.1, 0.15) is 5.65 Å². The minimum Gasteiger partial charge on any atom is -0.337 e. The molecule has 0 saturated carbocycles. The summed E-state index contributed by atoms with van der Waals surface area (Å²) < 4.78 is 16.7. The number of fused-ring (bicyclic) bond motifs is 1. The van der Waals surface area contributed by atoms with Gasteiger partial charge in [-0.3, -0.25) is 24.2 Å². The molecule has 5 rings (SSSR count). The number of likely N-dealkylation sites (tertiary alicyclic amines) is 1. The molecule has 1 aliphatic heterocycles. The lowest BCUT2D eigenvalue weighted by molar-refractivity contribution is -0.120. The number of H-pyrrole nitrogens is 1. The monoisotopic (exact) mass is 490 g/mol. The van der Waals surface area contributed by atoms with Gasteiger partial charge in [0.05, 0.1) is 52.7 Å². The first kappa shape index (κ1) is 23.6. The number of nitrogens with one attached hydrogen (secondary N) is 3. The van der Waals surface area contributed by atoms with Gasteiger partial charge >= 0.3 is 0 Å². The summed E-state index contributed by atoms with van der Waals surface area (Å²) in [7, 11) is 1.74. The molecule has 186 valence electrons. The predicted octanol–water partition coefficient (Wildman–Crippen LogP) is 3.34. The van der Waals surface area contributed by atoms with Crippen LogP contribution in [0.4, 0.5) is 15.8 Å². The Balaban J connectivity index is 1.30. The predicted molar refractivity (Wildman–Crippen MR) is 134 cm³/mol. The smallest absolute Gasteiger partial charge is 0.257 e. The molecule has 0 atom stereocenters. The lowest BCUT2D eigenvalue weighted by atomic mass is 9.84. The van der Waals surface area contributed by atoms with E-state index in [1.807, 2.05) is 0 Å². The molecule has 1 saturated heterocycles. The molecule has 11 heteroatoms. The quantitative estimate of drug-likeness (QED) is 0.381. The second-order valence-electron chi connectivity index (χ2n) is 10.0. The van der Waals surface area contributed by atoms with E-state index in [-0.39, 0.29) is 28.0 Å². The lowest BCUT2D eigenvalue weighted by Crippen LogP contribution is -2.54. The van der Waals surface area contributed by atoms with Crippen molar-refractivity contribution in [3.8, 4) is 11.3 Å². The van der Waals surface area contributed by atoms with Crippen LogP contribution in [-0.2, 0) is 11.8 Å². The van der Waals surface area contributed by atoms with Gasteiger partial charge in [-0.2, -0.15) is 5.10 Å². The van der Waals surface area contributed by atoms with Crippen LogP contribution in [0.3, 0.4) is 0 Å². The van der Waals surface area contributed by atoms with Crippen LogP contribution in [0.25, 0.3) is 22.3 Å². The number of aryl methyl sites for hydroxylation is 2. The van der Waals surface area contributed by atoms with Crippen molar-refractivity contribution in [2.24, 2.45) is 12.5 Å². The third kappa shape index (κ3) is 4.69. The van der Waals surface area contributed by atoms with Crippen LogP contribution in [0, 0.1) is 18.2 Å². The van der Waals surface area contributed by atoms with Gasteiger partial charge in [-0.15, -0.1) is 0 Å². The number of hydrogen-bond donors (Lipinski definition) is 3. The summed E-state index contributed by atoms with van der Waals surface area (Å²) in [5.41, 5.74) is 3.09. The van der Waals surface area contributed by atoms with E-state index in [9.17, 15) is 9.59 Å². The maximum absolute atomic E-state index is 15.1. The largest absolute Gasteiger partial charge is 0.337 e. The fraction of sp³-hybridized carbons (Fsp3) is 0.320. The van der Waals surface area contributed by atoms with Crippen molar-refractivity contribution < 1.29 is 14.0 Å². The van der Waals surface area contributed by atoms with Gasteiger partial charge in [0.15, 0.2) is 5.82 Å². The summed E-state index contributed by atoms with van der Waals surface area (Å²) in [6, 6.07) is 3.10. The Bertz CT molecular complexity index is 1480. The van der Waals surface area contributed by atoms with E-state index in [1.54, 1.807) is 43.3 Å². The number of carbonyl (C=O) groups excluding carboxylic acids is 2. The zero-order chi connectivity index (χ0) is 25.6. The Labute approximate surface area is 206 Å². The molecule has 0 unspecified atom stereocenters. The molecular formula is C25H27FN8O2. The van der Waals surface area contributed by atoms with Crippen LogP contribution >= 0.6 is 0 Å². The van der Waals surface area contributed by atoms with Gasteiger partial charge in [-0.05, 0) is 24.5 Å². The Kier molecular flexibility index (Phi) is 5.79. The molecule has 2 amide bonds. The third-order valence-corrected chi connectivity index (χ3v) is 6.13. The first-order chi connectivity index (χ1) is 17.1. The Morgan fingerprint density at radius 3 is 2.61 bits per heavy atom. The summed E-state index contributed by atoms with van der Waals surface area (Å²) in [6.45, 7) is 8.12. The molecule has 1 fully saturated rings. The van der Waals surface area contributed by atoms with Gasteiger partial charge in [0, 0.05) is 38.1 Å². The number of anilines is 2. The molecule has 0 spiro atoms. The molecule has 4 aromatic rings. The van der Waals surface area contributed by atoms with Gasteiger partial charge in [0.2, 0.25) is 5.91 Å². The first-order valence-electron chi connectivity index (χ1n) is 11.5. The maximum Gasteiger partial charge on any atom is 0.257 e. The summed E-state index contributed by atoms with van der Waals surface area (Å²) in [6.07, 6.45) is 6.16. The van der Waals surface area contributed by atoms with Crippen molar-refractivity contribution in [2.75, 3.05) is 30.3 Å². The summed E-state index contributed by atoms with van der Waals surface area (Å²) >= 11 is 0. The molecule has 1 aliphatic rings. The Hall–Kier alpha value is -4.12. The highest BCUT2D eigenvalue weighted by Gasteiger charge is 2.34. The highest BCUT2D eigenvalue weighted by molar-refractivity contribution is 6.06. The minimum atomic E-state index is -0.506. The van der Waals surface area contributed by atoms with Crippen molar-refractivity contribution in [3.63, 3.8) is 0 Å². The fourth-order valence-electron chi connectivity index (χ4n) is 4.52. The van der Waals surface area contributed by atoms with Crippen molar-refractivity contribution in [1.82, 2.24) is 29.6 Å². The third-order valence-electron chi connectivity index (χ3n) is 6.13. The number of halogens is 1. The number of nitrogens with zero attached hydrogens (tertiary/aromatic N) is 5. The van der Waals surface area contributed by atoms with Crippen LogP contribution in [0.1, 0.15) is 29.9 Å². The molecule has 3 N–H and O–H groups in total. The van der Waals surface area contributed by atoms with Crippen molar-refractivity contribution in [2.45, 2.75) is 20.8 Å². The topological polar surface area (TPSA) is 121 Å². The number of amides is 2. The molecule has 4 aromatic heterocycles. The van der Waals surface area contributed by atoms with Gasteiger partial charge < -0.3 is 15.6 Å². The van der Waals surface area contributed by atoms with E-state index in [0.717, 1.165) is 13.1 Å². The molecule has 5 heterocycles. The standard InChI is InChI=1S/C25H27FN8O2/c1-14-19(6-17(9-27-14)30-20(35)11-34-12-25(2,3)13-34)31-24(36)15-5-18-21(26)22(32-23(18)28-7-15)16-8-29-33(4)10-16/h5-10H,11-13H2,1-4H3,(H,28,32)(H,30,35)(H,31,36). The van der Waals surface area contributed by atoms with Gasteiger partial charge in [0.25, 0.3) is 5.91 Å². The zero-order valence-corrected chi connectivity index (χ0v) is 20.5. The average molecular weight is 491 g/mol. The summed E-state index contributed by atoms with van der Waals surface area (Å²) in [5, 5.41) is 9.89. The SMILES string of the molecule is Cc1ncc(NC(=O)CN2CC(C)(C)C2)cc1NC(=O)c1cnc2[nH]c(-c3cnn(C)c3)c(F)c2c1. The lowest BCUT2D eigenvalue weighted by Gasteiger charge is -2.45. The van der Waals surface area contributed by atoms with Crippen molar-refractivity contribution >= 4 is 34.2 Å². The van der Waals surface area contributed by atoms with Crippen molar-refractivity contribution in [1.29, 1.82) is 0 Å². The van der Waals surface area contributed by atoms with E-state index < -0.39 is 11.7 Å². The van der Waals surface area contributed by atoms with Gasteiger partial charge in [-0.25, -0.2) is 9.37 Å². The van der Waals surface area contributed by atoms with E-state index in [1.165, 1.54) is 12.3 Å².